The smallest absolute Gasteiger partial charge is 0.247 e. The zero-order chi connectivity index (χ0) is 7.30. The van der Waals surface area contributed by atoms with Gasteiger partial charge >= 0.3 is 0 Å². The van der Waals surface area contributed by atoms with Gasteiger partial charge < -0.3 is 0 Å². The maximum absolute atomic E-state index is 11.0. The summed E-state index contributed by atoms with van der Waals surface area (Å²) in [6.45, 7) is 0. The number of imide groups is 1. The minimum atomic E-state index is -0.193. The zero-order valence-electron chi connectivity index (χ0n) is 5.41. The molecule has 2 aliphatic rings. The average molecular weight is 140 g/mol. The lowest BCUT2D eigenvalue weighted by Gasteiger charge is -2.23. The van der Waals surface area contributed by atoms with E-state index in [0.29, 0.717) is 0 Å². The standard InChI is InChI=1S/C6H8N2O2/c7-8-5(9)3-1-2-4(3)6(8)10/h3-4H,1-2,7H2/t3-,4+. The monoisotopic (exact) mass is 140 g/mol. The molecule has 54 valence electrons. The summed E-state index contributed by atoms with van der Waals surface area (Å²) in [6, 6.07) is 0. The summed E-state index contributed by atoms with van der Waals surface area (Å²) in [5.74, 6) is 4.65. The van der Waals surface area contributed by atoms with Gasteiger partial charge in [-0.15, -0.1) is 0 Å². The molecular formula is C6H8N2O2. The Kier molecular flexibility index (Phi) is 0.922. The lowest BCUT2D eigenvalue weighted by Crippen LogP contribution is -2.36. The fourth-order valence-electron chi connectivity index (χ4n) is 1.56. The van der Waals surface area contributed by atoms with Crippen LogP contribution in [0.25, 0.3) is 0 Å². The van der Waals surface area contributed by atoms with Gasteiger partial charge in [-0.2, -0.15) is 0 Å². The highest BCUT2D eigenvalue weighted by atomic mass is 16.2. The molecule has 0 spiro atoms. The van der Waals surface area contributed by atoms with Gasteiger partial charge in [0.25, 0.3) is 0 Å². The summed E-state index contributed by atoms with van der Waals surface area (Å²) in [5.41, 5.74) is 0. The topological polar surface area (TPSA) is 63.4 Å². The first kappa shape index (κ1) is 5.85. The van der Waals surface area contributed by atoms with Crippen LogP contribution in [0.1, 0.15) is 12.8 Å². The summed E-state index contributed by atoms with van der Waals surface area (Å²) in [7, 11) is 0. The number of hydrazine groups is 1. The second kappa shape index (κ2) is 1.58. The van der Waals surface area contributed by atoms with Crippen LogP contribution in [0.4, 0.5) is 0 Å². The van der Waals surface area contributed by atoms with Crippen molar-refractivity contribution in [2.45, 2.75) is 12.8 Å². The summed E-state index contributed by atoms with van der Waals surface area (Å²) in [6.07, 6.45) is 1.67. The third-order valence-corrected chi connectivity index (χ3v) is 2.38. The maximum Gasteiger partial charge on any atom is 0.247 e. The summed E-state index contributed by atoms with van der Waals surface area (Å²) < 4.78 is 0. The first-order valence-electron chi connectivity index (χ1n) is 3.34. The molecule has 2 N–H and O–H groups in total. The average Bonchev–Trinajstić information content (AvgIpc) is 1.92. The Morgan fingerprint density at radius 2 is 1.60 bits per heavy atom. The van der Waals surface area contributed by atoms with Crippen LogP contribution in [0.5, 0.6) is 0 Å². The number of hydrogen-bond donors (Lipinski definition) is 1. The van der Waals surface area contributed by atoms with E-state index in [2.05, 4.69) is 0 Å². The van der Waals surface area contributed by atoms with Gasteiger partial charge in [0.15, 0.2) is 0 Å². The predicted octanol–water partition coefficient (Wildman–Crippen LogP) is -0.745. The predicted molar refractivity (Wildman–Crippen MR) is 32.3 cm³/mol. The summed E-state index contributed by atoms with van der Waals surface area (Å²) in [5, 5.41) is 0.766. The highest BCUT2D eigenvalue weighted by Gasteiger charge is 2.51. The highest BCUT2D eigenvalue weighted by Crippen LogP contribution is 2.40. The zero-order valence-corrected chi connectivity index (χ0v) is 5.41. The first-order chi connectivity index (χ1) is 4.72. The highest BCUT2D eigenvalue weighted by molar-refractivity contribution is 6.05. The lowest BCUT2D eigenvalue weighted by molar-refractivity contribution is -0.139. The molecule has 1 aliphatic heterocycles. The van der Waals surface area contributed by atoms with Crippen LogP contribution in [-0.2, 0) is 9.59 Å². The van der Waals surface area contributed by atoms with E-state index in [-0.39, 0.29) is 23.7 Å². The van der Waals surface area contributed by atoms with Crippen LogP contribution >= 0.6 is 0 Å². The Morgan fingerprint density at radius 3 is 1.80 bits per heavy atom. The molecule has 2 atom stereocenters. The molecule has 2 fully saturated rings. The van der Waals surface area contributed by atoms with Crippen molar-refractivity contribution in [3.8, 4) is 0 Å². The molecule has 4 heteroatoms. The number of carbonyl (C=O) groups is 2. The van der Waals surface area contributed by atoms with E-state index in [9.17, 15) is 9.59 Å². The van der Waals surface area contributed by atoms with Gasteiger partial charge in [-0.25, -0.2) is 10.9 Å². The molecule has 0 unspecified atom stereocenters. The second-order valence-electron chi connectivity index (χ2n) is 2.84. The SMILES string of the molecule is NN1C(=O)[C@H]2CC[C@H]2C1=O. The van der Waals surface area contributed by atoms with E-state index in [0.717, 1.165) is 17.9 Å². The van der Waals surface area contributed by atoms with Crippen molar-refractivity contribution in [3.63, 3.8) is 0 Å². The Labute approximate surface area is 57.9 Å². The minimum Gasteiger partial charge on any atom is -0.273 e. The number of rotatable bonds is 0. The van der Waals surface area contributed by atoms with Crippen LogP contribution in [0.3, 0.4) is 0 Å². The molecule has 0 radical (unpaired) electrons. The van der Waals surface area contributed by atoms with Crippen molar-refractivity contribution in [1.82, 2.24) is 5.01 Å². The van der Waals surface area contributed by atoms with Crippen molar-refractivity contribution in [2.75, 3.05) is 0 Å². The van der Waals surface area contributed by atoms with E-state index < -0.39 is 0 Å². The van der Waals surface area contributed by atoms with E-state index >= 15 is 0 Å². The normalized spacial score (nSPS) is 37.9. The van der Waals surface area contributed by atoms with Gasteiger partial charge in [0.1, 0.15) is 0 Å². The van der Waals surface area contributed by atoms with Crippen molar-refractivity contribution in [3.05, 3.63) is 0 Å². The van der Waals surface area contributed by atoms with Crippen LogP contribution < -0.4 is 5.84 Å². The van der Waals surface area contributed by atoms with Gasteiger partial charge in [-0.1, -0.05) is 0 Å². The van der Waals surface area contributed by atoms with Crippen LogP contribution in [-0.4, -0.2) is 16.8 Å². The number of hydrogen-bond acceptors (Lipinski definition) is 3. The van der Waals surface area contributed by atoms with E-state index in [1.807, 2.05) is 0 Å². The number of amides is 2. The maximum atomic E-state index is 11.0. The van der Waals surface area contributed by atoms with E-state index in [4.69, 9.17) is 5.84 Å². The van der Waals surface area contributed by atoms with E-state index in [1.165, 1.54) is 0 Å². The third kappa shape index (κ3) is 0.455. The third-order valence-electron chi connectivity index (χ3n) is 2.38. The largest absolute Gasteiger partial charge is 0.273 e. The Hall–Kier alpha value is -0.900. The molecule has 1 saturated heterocycles. The van der Waals surface area contributed by atoms with Gasteiger partial charge in [0.05, 0.1) is 11.8 Å². The lowest BCUT2D eigenvalue weighted by atomic mass is 9.76. The molecule has 1 heterocycles. The van der Waals surface area contributed by atoms with Crippen molar-refractivity contribution in [2.24, 2.45) is 17.7 Å². The minimum absolute atomic E-state index is 0.0718. The fourth-order valence-corrected chi connectivity index (χ4v) is 1.56. The van der Waals surface area contributed by atoms with Crippen LogP contribution in [0, 0.1) is 11.8 Å². The van der Waals surface area contributed by atoms with Gasteiger partial charge in [-0.05, 0) is 12.8 Å². The number of nitrogens with two attached hydrogens (primary N) is 1. The summed E-state index contributed by atoms with van der Waals surface area (Å²) >= 11 is 0. The summed E-state index contributed by atoms with van der Waals surface area (Å²) in [4.78, 5) is 21.9. The van der Waals surface area contributed by atoms with Crippen LogP contribution in [0.15, 0.2) is 0 Å². The Morgan fingerprint density at radius 1 is 1.20 bits per heavy atom. The Bertz CT molecular complexity index is 192. The van der Waals surface area contributed by atoms with Gasteiger partial charge in [0, 0.05) is 0 Å². The van der Waals surface area contributed by atoms with Gasteiger partial charge in [0.2, 0.25) is 11.8 Å². The molecule has 0 aromatic rings. The Balaban J connectivity index is 2.30. The molecule has 1 saturated carbocycles. The molecule has 0 bridgehead atoms. The molecular weight excluding hydrogens is 132 g/mol. The quantitative estimate of drug-likeness (QED) is 0.273. The van der Waals surface area contributed by atoms with Crippen molar-refractivity contribution < 1.29 is 9.59 Å². The fraction of sp³-hybridized carbons (Fsp3) is 0.667. The van der Waals surface area contributed by atoms with Gasteiger partial charge in [-0.3, -0.25) is 9.59 Å². The molecule has 2 rings (SSSR count). The molecule has 4 nitrogen and oxygen atoms in total. The van der Waals surface area contributed by atoms with Crippen molar-refractivity contribution >= 4 is 11.8 Å². The van der Waals surface area contributed by atoms with Crippen LogP contribution in [0.2, 0.25) is 0 Å². The number of carbonyl (C=O) groups excluding carboxylic acids is 2. The second-order valence-corrected chi connectivity index (χ2v) is 2.84. The molecule has 2 amide bonds. The molecule has 10 heavy (non-hydrogen) atoms. The first-order valence-corrected chi connectivity index (χ1v) is 3.34. The molecule has 0 aromatic heterocycles. The number of nitrogens with zero attached hydrogens (tertiary/aromatic N) is 1. The van der Waals surface area contributed by atoms with E-state index in [1.54, 1.807) is 0 Å². The molecule has 0 aromatic carbocycles. The number of fused-ring (bicyclic) bond motifs is 1. The molecule has 1 aliphatic carbocycles. The van der Waals surface area contributed by atoms with Crippen molar-refractivity contribution in [1.29, 1.82) is 0 Å².